The van der Waals surface area contributed by atoms with Crippen LogP contribution >= 0.6 is 0 Å². The molecule has 0 aliphatic carbocycles. The van der Waals surface area contributed by atoms with E-state index in [1.54, 1.807) is 7.11 Å². The third-order valence-electron chi connectivity index (χ3n) is 4.16. The molecule has 0 amide bonds. The molecule has 0 atom stereocenters. The van der Waals surface area contributed by atoms with Crippen LogP contribution in [0.2, 0.25) is 0 Å². The Balaban J connectivity index is 1.76. The van der Waals surface area contributed by atoms with Crippen LogP contribution in [0.1, 0.15) is 19.3 Å². The second kappa shape index (κ2) is 4.81. The second-order valence-electron chi connectivity index (χ2n) is 5.32. The molecule has 0 saturated carbocycles. The highest BCUT2D eigenvalue weighted by Gasteiger charge is 2.38. The van der Waals surface area contributed by atoms with Crippen LogP contribution in [-0.4, -0.2) is 63.3 Å². The Bertz CT molecular complexity index is 200. The molecule has 2 aliphatic heterocycles. The average Bonchev–Trinajstić information content (AvgIpc) is 2.60. The van der Waals surface area contributed by atoms with Gasteiger partial charge in [0.25, 0.3) is 0 Å². The Hall–Kier alpha value is -0.120. The molecule has 3 heteroatoms. The molecule has 0 unspecified atom stereocenters. The number of piperidine rings is 1. The lowest BCUT2D eigenvalue weighted by molar-refractivity contribution is 0.0827. The van der Waals surface area contributed by atoms with E-state index in [1.807, 2.05) is 0 Å². The molecule has 0 N–H and O–H groups in total. The molecule has 0 aromatic rings. The summed E-state index contributed by atoms with van der Waals surface area (Å²) in [7, 11) is 4.05. The van der Waals surface area contributed by atoms with E-state index in [0.717, 1.165) is 13.2 Å². The second-order valence-corrected chi connectivity index (χ2v) is 5.32. The monoisotopic (exact) mass is 212 g/mol. The fraction of sp³-hybridized carbons (Fsp3) is 1.00. The van der Waals surface area contributed by atoms with E-state index < -0.39 is 0 Å². The highest BCUT2D eigenvalue weighted by molar-refractivity contribution is 4.92. The van der Waals surface area contributed by atoms with Crippen molar-refractivity contribution in [3.05, 3.63) is 0 Å². The minimum atomic E-state index is 0.665. The van der Waals surface area contributed by atoms with Crippen molar-refractivity contribution in [3.8, 4) is 0 Å². The summed E-state index contributed by atoms with van der Waals surface area (Å²) in [6.45, 7) is 7.17. The Labute approximate surface area is 93.4 Å². The van der Waals surface area contributed by atoms with Crippen molar-refractivity contribution in [1.29, 1.82) is 0 Å². The van der Waals surface area contributed by atoms with Crippen molar-refractivity contribution in [2.24, 2.45) is 5.41 Å². The number of ether oxygens (including phenoxy) is 1. The first kappa shape index (κ1) is 11.4. The van der Waals surface area contributed by atoms with Gasteiger partial charge in [-0.1, -0.05) is 0 Å². The molecular formula is C12H24N2O. The summed E-state index contributed by atoms with van der Waals surface area (Å²) in [5, 5.41) is 0. The number of hydrogen-bond acceptors (Lipinski definition) is 3. The Kier molecular flexibility index (Phi) is 3.65. The molecule has 0 radical (unpaired) electrons. The van der Waals surface area contributed by atoms with Gasteiger partial charge in [-0.15, -0.1) is 0 Å². The van der Waals surface area contributed by atoms with E-state index >= 15 is 0 Å². The zero-order chi connectivity index (χ0) is 10.7. The van der Waals surface area contributed by atoms with E-state index in [4.69, 9.17) is 4.74 Å². The van der Waals surface area contributed by atoms with Gasteiger partial charge in [-0.05, 0) is 51.4 Å². The van der Waals surface area contributed by atoms with Crippen molar-refractivity contribution in [1.82, 2.24) is 9.80 Å². The minimum Gasteiger partial charge on any atom is -0.383 e. The third kappa shape index (κ3) is 2.71. The van der Waals surface area contributed by atoms with Gasteiger partial charge in [-0.25, -0.2) is 0 Å². The van der Waals surface area contributed by atoms with Crippen LogP contribution < -0.4 is 0 Å². The largest absolute Gasteiger partial charge is 0.383 e. The Morgan fingerprint density at radius 3 is 2.33 bits per heavy atom. The average molecular weight is 212 g/mol. The standard InChI is InChI=1S/C12H24N2O/c1-13-6-3-12(11-13)4-7-14(8-5-12)9-10-15-2/h3-11H2,1-2H3. The van der Waals surface area contributed by atoms with E-state index in [1.165, 1.54) is 45.4 Å². The predicted octanol–water partition coefficient (Wildman–Crippen LogP) is 1.05. The van der Waals surface area contributed by atoms with Gasteiger partial charge in [0.1, 0.15) is 0 Å². The molecule has 2 rings (SSSR count). The molecule has 2 saturated heterocycles. The first-order chi connectivity index (χ1) is 7.24. The number of methoxy groups -OCH3 is 1. The Morgan fingerprint density at radius 2 is 1.80 bits per heavy atom. The van der Waals surface area contributed by atoms with Crippen LogP contribution in [-0.2, 0) is 4.74 Å². The van der Waals surface area contributed by atoms with Gasteiger partial charge in [0.05, 0.1) is 6.61 Å². The van der Waals surface area contributed by atoms with Gasteiger partial charge in [0, 0.05) is 20.2 Å². The first-order valence-corrected chi connectivity index (χ1v) is 6.14. The first-order valence-electron chi connectivity index (χ1n) is 6.14. The van der Waals surface area contributed by atoms with Crippen molar-refractivity contribution in [2.75, 3.05) is 53.5 Å². The van der Waals surface area contributed by atoms with Crippen molar-refractivity contribution >= 4 is 0 Å². The lowest BCUT2D eigenvalue weighted by Crippen LogP contribution is -2.42. The van der Waals surface area contributed by atoms with E-state index in [9.17, 15) is 0 Å². The van der Waals surface area contributed by atoms with Crippen molar-refractivity contribution in [2.45, 2.75) is 19.3 Å². The molecule has 2 fully saturated rings. The zero-order valence-corrected chi connectivity index (χ0v) is 10.2. The van der Waals surface area contributed by atoms with Gasteiger partial charge in [-0.3, -0.25) is 0 Å². The fourth-order valence-electron chi connectivity index (χ4n) is 3.04. The van der Waals surface area contributed by atoms with Crippen LogP contribution in [0.15, 0.2) is 0 Å². The fourth-order valence-corrected chi connectivity index (χ4v) is 3.04. The molecule has 0 aromatic heterocycles. The maximum Gasteiger partial charge on any atom is 0.0589 e. The highest BCUT2D eigenvalue weighted by atomic mass is 16.5. The third-order valence-corrected chi connectivity index (χ3v) is 4.16. The molecule has 0 aromatic carbocycles. The molecular weight excluding hydrogens is 188 g/mol. The molecule has 3 nitrogen and oxygen atoms in total. The summed E-state index contributed by atoms with van der Waals surface area (Å²) >= 11 is 0. The van der Waals surface area contributed by atoms with Crippen molar-refractivity contribution in [3.63, 3.8) is 0 Å². The summed E-state index contributed by atoms with van der Waals surface area (Å²) in [6, 6.07) is 0. The molecule has 15 heavy (non-hydrogen) atoms. The normalized spacial score (nSPS) is 27.6. The SMILES string of the molecule is COCCN1CCC2(CCN(C)C2)CC1. The van der Waals surface area contributed by atoms with Crippen molar-refractivity contribution < 1.29 is 4.74 Å². The molecule has 1 spiro atoms. The molecule has 88 valence electrons. The smallest absolute Gasteiger partial charge is 0.0589 e. The molecule has 2 heterocycles. The highest BCUT2D eigenvalue weighted by Crippen LogP contribution is 2.39. The summed E-state index contributed by atoms with van der Waals surface area (Å²) in [5.74, 6) is 0. The van der Waals surface area contributed by atoms with E-state index in [-0.39, 0.29) is 0 Å². The van der Waals surface area contributed by atoms with E-state index in [2.05, 4.69) is 16.8 Å². The summed E-state index contributed by atoms with van der Waals surface area (Å²) < 4.78 is 5.13. The topological polar surface area (TPSA) is 15.7 Å². The van der Waals surface area contributed by atoms with Gasteiger partial charge in [0.2, 0.25) is 0 Å². The van der Waals surface area contributed by atoms with Gasteiger partial charge in [0.15, 0.2) is 0 Å². The number of hydrogen-bond donors (Lipinski definition) is 0. The van der Waals surface area contributed by atoms with Crippen LogP contribution in [0, 0.1) is 5.41 Å². The lowest BCUT2D eigenvalue weighted by atomic mass is 9.78. The van der Waals surface area contributed by atoms with Crippen LogP contribution in [0.5, 0.6) is 0 Å². The summed E-state index contributed by atoms with van der Waals surface area (Å²) in [6.07, 6.45) is 4.20. The zero-order valence-electron chi connectivity index (χ0n) is 10.2. The van der Waals surface area contributed by atoms with E-state index in [0.29, 0.717) is 5.41 Å². The Morgan fingerprint density at radius 1 is 1.13 bits per heavy atom. The van der Waals surface area contributed by atoms with Gasteiger partial charge in [-0.2, -0.15) is 0 Å². The minimum absolute atomic E-state index is 0.665. The van der Waals surface area contributed by atoms with Crippen LogP contribution in [0.4, 0.5) is 0 Å². The van der Waals surface area contributed by atoms with Crippen LogP contribution in [0.3, 0.4) is 0 Å². The predicted molar refractivity (Wildman–Crippen MR) is 62.1 cm³/mol. The molecule has 0 bridgehead atoms. The quantitative estimate of drug-likeness (QED) is 0.695. The number of nitrogens with zero attached hydrogens (tertiary/aromatic N) is 2. The maximum atomic E-state index is 5.13. The summed E-state index contributed by atoms with van der Waals surface area (Å²) in [4.78, 5) is 5.04. The van der Waals surface area contributed by atoms with Gasteiger partial charge >= 0.3 is 0 Å². The summed E-state index contributed by atoms with van der Waals surface area (Å²) in [5.41, 5.74) is 0.665. The number of likely N-dealkylation sites (tertiary alicyclic amines) is 2. The molecule has 2 aliphatic rings. The van der Waals surface area contributed by atoms with Gasteiger partial charge < -0.3 is 14.5 Å². The maximum absolute atomic E-state index is 5.13. The lowest BCUT2D eigenvalue weighted by Gasteiger charge is -2.39. The van der Waals surface area contributed by atoms with Crippen LogP contribution in [0.25, 0.3) is 0 Å². The number of rotatable bonds is 3.